The Morgan fingerprint density at radius 2 is 2.26 bits per heavy atom. The molecule has 100 valence electrons. The number of nitrogens with zero attached hydrogens (tertiary/aromatic N) is 4. The van der Waals surface area contributed by atoms with Crippen molar-refractivity contribution in [2.75, 3.05) is 13.1 Å². The molecule has 0 amide bonds. The lowest BCUT2D eigenvalue weighted by Crippen LogP contribution is -2.10. The van der Waals surface area contributed by atoms with Crippen LogP contribution >= 0.6 is 0 Å². The molecule has 1 atom stereocenters. The van der Waals surface area contributed by atoms with E-state index in [0.717, 1.165) is 25.3 Å². The van der Waals surface area contributed by atoms with Crippen LogP contribution in [-0.4, -0.2) is 33.3 Å². The molecule has 5 nitrogen and oxygen atoms in total. The van der Waals surface area contributed by atoms with Crippen molar-refractivity contribution >= 4 is 0 Å². The number of benzene rings is 1. The maximum absolute atomic E-state index is 4.51. The third-order valence-electron chi connectivity index (χ3n) is 3.70. The first-order valence-electron chi connectivity index (χ1n) is 6.77. The van der Waals surface area contributed by atoms with Gasteiger partial charge in [0.15, 0.2) is 5.82 Å². The zero-order chi connectivity index (χ0) is 13.2. The SMILES string of the molecule is Cc1ccc(Cn2nnc(C3CCNC3)n2)c(C)c1. The molecule has 1 unspecified atom stereocenters. The quantitative estimate of drug-likeness (QED) is 0.903. The summed E-state index contributed by atoms with van der Waals surface area (Å²) >= 11 is 0. The van der Waals surface area contributed by atoms with E-state index in [1.165, 1.54) is 16.7 Å². The molecule has 1 fully saturated rings. The molecule has 0 saturated carbocycles. The summed E-state index contributed by atoms with van der Waals surface area (Å²) in [4.78, 5) is 1.70. The van der Waals surface area contributed by atoms with Gasteiger partial charge in [0.25, 0.3) is 0 Å². The van der Waals surface area contributed by atoms with Gasteiger partial charge in [0.2, 0.25) is 0 Å². The summed E-state index contributed by atoms with van der Waals surface area (Å²) < 4.78 is 0. The molecule has 1 aliphatic rings. The van der Waals surface area contributed by atoms with Gasteiger partial charge >= 0.3 is 0 Å². The average Bonchev–Trinajstić information content (AvgIpc) is 3.03. The van der Waals surface area contributed by atoms with E-state index in [9.17, 15) is 0 Å². The molecule has 1 aromatic carbocycles. The molecule has 1 aromatic heterocycles. The monoisotopic (exact) mass is 257 g/mol. The van der Waals surface area contributed by atoms with Crippen molar-refractivity contribution in [1.29, 1.82) is 0 Å². The van der Waals surface area contributed by atoms with Crippen LogP contribution in [0.5, 0.6) is 0 Å². The number of tetrazole rings is 1. The Morgan fingerprint density at radius 3 is 3.00 bits per heavy atom. The fourth-order valence-corrected chi connectivity index (χ4v) is 2.54. The third kappa shape index (κ3) is 2.66. The zero-order valence-electron chi connectivity index (χ0n) is 11.4. The fourth-order valence-electron chi connectivity index (χ4n) is 2.54. The van der Waals surface area contributed by atoms with Crippen molar-refractivity contribution in [1.82, 2.24) is 25.5 Å². The minimum absolute atomic E-state index is 0.424. The first kappa shape index (κ1) is 12.3. The first-order valence-corrected chi connectivity index (χ1v) is 6.77. The molecular formula is C14H19N5. The molecule has 2 aromatic rings. The molecule has 0 aliphatic carbocycles. The van der Waals surface area contributed by atoms with Gasteiger partial charge in [-0.2, -0.15) is 4.80 Å². The van der Waals surface area contributed by atoms with Gasteiger partial charge in [-0.05, 0) is 43.2 Å². The van der Waals surface area contributed by atoms with E-state index in [1.54, 1.807) is 4.80 Å². The number of nitrogens with one attached hydrogen (secondary N) is 1. The van der Waals surface area contributed by atoms with Crippen molar-refractivity contribution in [2.24, 2.45) is 0 Å². The Bertz CT molecular complexity index is 569. The number of aromatic nitrogens is 4. The number of aryl methyl sites for hydroxylation is 2. The Labute approximate surface area is 113 Å². The van der Waals surface area contributed by atoms with E-state index in [4.69, 9.17) is 0 Å². The topological polar surface area (TPSA) is 55.6 Å². The maximum Gasteiger partial charge on any atom is 0.179 e. The minimum Gasteiger partial charge on any atom is -0.316 e. The van der Waals surface area contributed by atoms with Crippen LogP contribution in [0.2, 0.25) is 0 Å². The molecule has 19 heavy (non-hydrogen) atoms. The molecule has 5 heteroatoms. The predicted molar refractivity (Wildman–Crippen MR) is 73.1 cm³/mol. The normalized spacial score (nSPS) is 18.9. The number of rotatable bonds is 3. The lowest BCUT2D eigenvalue weighted by molar-refractivity contribution is 0.565. The molecular weight excluding hydrogens is 238 g/mol. The molecule has 3 rings (SSSR count). The smallest absolute Gasteiger partial charge is 0.179 e. The van der Waals surface area contributed by atoms with Gasteiger partial charge in [-0.15, -0.1) is 10.2 Å². The highest BCUT2D eigenvalue weighted by Crippen LogP contribution is 2.18. The van der Waals surface area contributed by atoms with Crippen LogP contribution in [-0.2, 0) is 6.54 Å². The van der Waals surface area contributed by atoms with Gasteiger partial charge in [0.1, 0.15) is 0 Å². The van der Waals surface area contributed by atoms with Crippen molar-refractivity contribution in [3.63, 3.8) is 0 Å². The third-order valence-corrected chi connectivity index (χ3v) is 3.70. The standard InChI is InChI=1S/C14H19N5/c1-10-3-4-13(11(2)7-10)9-19-17-14(16-18-19)12-5-6-15-8-12/h3-4,7,12,15H,5-6,8-9H2,1-2H3. The second-order valence-corrected chi connectivity index (χ2v) is 5.30. The van der Waals surface area contributed by atoms with E-state index in [0.29, 0.717) is 12.5 Å². The van der Waals surface area contributed by atoms with E-state index < -0.39 is 0 Å². The van der Waals surface area contributed by atoms with E-state index in [-0.39, 0.29) is 0 Å². The van der Waals surface area contributed by atoms with Gasteiger partial charge in [-0.3, -0.25) is 0 Å². The Hall–Kier alpha value is -1.75. The van der Waals surface area contributed by atoms with E-state index >= 15 is 0 Å². The summed E-state index contributed by atoms with van der Waals surface area (Å²) in [5, 5.41) is 16.2. The lowest BCUT2D eigenvalue weighted by atomic mass is 10.1. The van der Waals surface area contributed by atoms with Gasteiger partial charge < -0.3 is 5.32 Å². The number of hydrogen-bond acceptors (Lipinski definition) is 4. The van der Waals surface area contributed by atoms with Crippen LogP contribution in [0.3, 0.4) is 0 Å². The van der Waals surface area contributed by atoms with Crippen molar-refractivity contribution in [3.8, 4) is 0 Å². The van der Waals surface area contributed by atoms with Crippen molar-refractivity contribution in [2.45, 2.75) is 32.7 Å². The molecule has 1 N–H and O–H groups in total. The maximum atomic E-state index is 4.51. The summed E-state index contributed by atoms with van der Waals surface area (Å²) in [5.74, 6) is 1.29. The minimum atomic E-state index is 0.424. The van der Waals surface area contributed by atoms with Crippen molar-refractivity contribution < 1.29 is 0 Å². The van der Waals surface area contributed by atoms with E-state index in [1.807, 2.05) is 0 Å². The summed E-state index contributed by atoms with van der Waals surface area (Å²) in [6, 6.07) is 6.46. The Morgan fingerprint density at radius 1 is 1.37 bits per heavy atom. The first-order chi connectivity index (χ1) is 9.22. The second-order valence-electron chi connectivity index (χ2n) is 5.30. The summed E-state index contributed by atoms with van der Waals surface area (Å²) in [6.45, 7) is 6.95. The lowest BCUT2D eigenvalue weighted by Gasteiger charge is -2.05. The fraction of sp³-hybridized carbons (Fsp3) is 0.500. The van der Waals surface area contributed by atoms with Crippen LogP contribution in [0.1, 0.15) is 34.9 Å². The van der Waals surface area contributed by atoms with E-state index in [2.05, 4.69) is 52.8 Å². The van der Waals surface area contributed by atoms with Gasteiger partial charge in [-0.1, -0.05) is 23.8 Å². The largest absolute Gasteiger partial charge is 0.316 e. The highest BCUT2D eigenvalue weighted by Gasteiger charge is 2.21. The van der Waals surface area contributed by atoms with Crippen molar-refractivity contribution in [3.05, 3.63) is 40.7 Å². The van der Waals surface area contributed by atoms with Gasteiger partial charge in [0.05, 0.1) is 6.54 Å². The summed E-state index contributed by atoms with van der Waals surface area (Å²) in [7, 11) is 0. The zero-order valence-corrected chi connectivity index (χ0v) is 11.4. The van der Waals surface area contributed by atoms with Gasteiger partial charge in [0, 0.05) is 12.5 Å². The number of hydrogen-bond donors (Lipinski definition) is 1. The van der Waals surface area contributed by atoms with Crippen LogP contribution in [0.15, 0.2) is 18.2 Å². The molecule has 1 saturated heterocycles. The summed E-state index contributed by atoms with van der Waals surface area (Å²) in [5.41, 5.74) is 3.81. The van der Waals surface area contributed by atoms with Crippen LogP contribution in [0, 0.1) is 13.8 Å². The van der Waals surface area contributed by atoms with Gasteiger partial charge in [-0.25, -0.2) is 0 Å². The average molecular weight is 257 g/mol. The summed E-state index contributed by atoms with van der Waals surface area (Å²) in [6.07, 6.45) is 1.11. The van der Waals surface area contributed by atoms with Crippen LogP contribution in [0.25, 0.3) is 0 Å². The Kier molecular flexibility index (Phi) is 3.29. The second kappa shape index (κ2) is 5.09. The predicted octanol–water partition coefficient (Wildman–Crippen LogP) is 1.42. The molecule has 0 radical (unpaired) electrons. The molecule has 2 heterocycles. The molecule has 0 bridgehead atoms. The molecule has 1 aliphatic heterocycles. The van der Waals surface area contributed by atoms with Crippen LogP contribution in [0.4, 0.5) is 0 Å². The Balaban J connectivity index is 1.76. The highest BCUT2D eigenvalue weighted by atomic mass is 15.6. The van der Waals surface area contributed by atoms with Crippen LogP contribution < -0.4 is 5.32 Å². The molecule has 0 spiro atoms. The highest BCUT2D eigenvalue weighted by molar-refractivity contribution is 5.30.